The van der Waals surface area contributed by atoms with Crippen molar-refractivity contribution in [3.8, 4) is 5.82 Å². The number of rotatable bonds is 5. The molecule has 6 heteroatoms. The SMILES string of the molecule is CCCNc1nc(-n2ccnc2CC)c(Cl)cc1Cl. The first-order valence-electron chi connectivity index (χ1n) is 6.29. The summed E-state index contributed by atoms with van der Waals surface area (Å²) in [5.41, 5.74) is 0. The molecule has 0 bridgehead atoms. The Hall–Kier alpha value is -1.26. The maximum atomic E-state index is 6.23. The van der Waals surface area contributed by atoms with Gasteiger partial charge in [-0.25, -0.2) is 9.97 Å². The van der Waals surface area contributed by atoms with Gasteiger partial charge in [0.05, 0.1) is 10.0 Å². The van der Waals surface area contributed by atoms with Crippen molar-refractivity contribution < 1.29 is 0 Å². The van der Waals surface area contributed by atoms with Gasteiger partial charge in [0.1, 0.15) is 11.6 Å². The smallest absolute Gasteiger partial charge is 0.159 e. The second kappa shape index (κ2) is 6.26. The first-order valence-corrected chi connectivity index (χ1v) is 7.05. The number of hydrogen-bond donors (Lipinski definition) is 1. The molecule has 0 aliphatic rings. The highest BCUT2D eigenvalue weighted by molar-refractivity contribution is 6.36. The number of aromatic nitrogens is 3. The van der Waals surface area contributed by atoms with Crippen LogP contribution in [0.5, 0.6) is 0 Å². The molecule has 0 amide bonds. The van der Waals surface area contributed by atoms with Crippen LogP contribution in [0.1, 0.15) is 26.1 Å². The number of anilines is 1. The van der Waals surface area contributed by atoms with Gasteiger partial charge in [0.15, 0.2) is 5.82 Å². The minimum Gasteiger partial charge on any atom is -0.369 e. The maximum absolute atomic E-state index is 6.23. The monoisotopic (exact) mass is 298 g/mol. The van der Waals surface area contributed by atoms with Crippen LogP contribution in [-0.4, -0.2) is 21.1 Å². The zero-order valence-corrected chi connectivity index (χ0v) is 12.5. The first-order chi connectivity index (χ1) is 9.17. The molecule has 1 N–H and O–H groups in total. The Morgan fingerprint density at radius 2 is 2.05 bits per heavy atom. The highest BCUT2D eigenvalue weighted by atomic mass is 35.5. The average molecular weight is 299 g/mol. The summed E-state index contributed by atoms with van der Waals surface area (Å²) < 4.78 is 1.88. The summed E-state index contributed by atoms with van der Waals surface area (Å²) in [5.74, 6) is 2.22. The summed E-state index contributed by atoms with van der Waals surface area (Å²) in [4.78, 5) is 8.79. The molecule has 0 radical (unpaired) electrons. The van der Waals surface area contributed by atoms with Gasteiger partial charge in [-0.3, -0.25) is 4.57 Å². The molecule has 102 valence electrons. The molecule has 0 saturated carbocycles. The highest BCUT2D eigenvalue weighted by Gasteiger charge is 2.13. The van der Waals surface area contributed by atoms with Crippen molar-refractivity contribution in [2.45, 2.75) is 26.7 Å². The van der Waals surface area contributed by atoms with Gasteiger partial charge in [-0.1, -0.05) is 37.0 Å². The molecule has 0 spiro atoms. The Balaban J connectivity index is 2.45. The summed E-state index contributed by atoms with van der Waals surface area (Å²) in [6.07, 6.45) is 5.40. The predicted octanol–water partition coefficient (Wildman–Crippen LogP) is 3.96. The van der Waals surface area contributed by atoms with E-state index in [0.717, 1.165) is 25.2 Å². The van der Waals surface area contributed by atoms with Crippen LogP contribution >= 0.6 is 23.2 Å². The van der Waals surface area contributed by atoms with E-state index >= 15 is 0 Å². The molecule has 0 unspecified atom stereocenters. The third-order valence-corrected chi connectivity index (χ3v) is 3.28. The maximum Gasteiger partial charge on any atom is 0.159 e. The van der Waals surface area contributed by atoms with Gasteiger partial charge >= 0.3 is 0 Å². The van der Waals surface area contributed by atoms with E-state index in [1.165, 1.54) is 0 Å². The zero-order valence-electron chi connectivity index (χ0n) is 11.0. The lowest BCUT2D eigenvalue weighted by atomic mass is 10.4. The number of halogens is 2. The molecule has 0 saturated heterocycles. The van der Waals surface area contributed by atoms with E-state index in [2.05, 4.69) is 22.2 Å². The third-order valence-electron chi connectivity index (χ3n) is 2.72. The standard InChI is InChI=1S/C13H16Cl2N4/c1-3-5-17-12-9(14)8-10(15)13(18-12)19-7-6-16-11(19)4-2/h6-8H,3-5H2,1-2H3,(H,17,18). The number of nitrogens with zero attached hydrogens (tertiary/aromatic N) is 3. The van der Waals surface area contributed by atoms with Crippen LogP contribution < -0.4 is 5.32 Å². The summed E-state index contributed by atoms with van der Waals surface area (Å²) in [7, 11) is 0. The molecule has 19 heavy (non-hydrogen) atoms. The Labute approximate surface area is 122 Å². The summed E-state index contributed by atoms with van der Waals surface area (Å²) in [5, 5.41) is 4.24. The number of pyridine rings is 1. The quantitative estimate of drug-likeness (QED) is 0.908. The fraction of sp³-hybridized carbons (Fsp3) is 0.385. The van der Waals surface area contributed by atoms with Crippen LogP contribution in [0.4, 0.5) is 5.82 Å². The lowest BCUT2D eigenvalue weighted by Gasteiger charge is -2.12. The zero-order chi connectivity index (χ0) is 13.8. The van der Waals surface area contributed by atoms with Crippen LogP contribution in [0.15, 0.2) is 18.5 Å². The minimum absolute atomic E-state index is 0.514. The van der Waals surface area contributed by atoms with E-state index in [9.17, 15) is 0 Å². The Morgan fingerprint density at radius 3 is 2.74 bits per heavy atom. The molecular weight excluding hydrogens is 283 g/mol. The molecule has 2 aromatic rings. The van der Waals surface area contributed by atoms with Crippen molar-refractivity contribution in [2.75, 3.05) is 11.9 Å². The van der Waals surface area contributed by atoms with Crippen LogP contribution in [0.3, 0.4) is 0 Å². The molecular formula is C13H16Cl2N4. The van der Waals surface area contributed by atoms with Gasteiger partial charge in [-0.05, 0) is 12.5 Å². The van der Waals surface area contributed by atoms with Crippen molar-refractivity contribution in [1.29, 1.82) is 0 Å². The fourth-order valence-electron chi connectivity index (χ4n) is 1.78. The summed E-state index contributed by atoms with van der Waals surface area (Å²) in [6, 6.07) is 1.71. The normalized spacial score (nSPS) is 10.7. The molecule has 0 aliphatic heterocycles. The van der Waals surface area contributed by atoms with E-state index < -0.39 is 0 Å². The molecule has 2 heterocycles. The van der Waals surface area contributed by atoms with Crippen LogP contribution in [0.25, 0.3) is 5.82 Å². The largest absolute Gasteiger partial charge is 0.369 e. The molecule has 2 rings (SSSR count). The van der Waals surface area contributed by atoms with Crippen molar-refractivity contribution in [1.82, 2.24) is 14.5 Å². The summed E-state index contributed by atoms with van der Waals surface area (Å²) >= 11 is 12.4. The molecule has 0 aromatic carbocycles. The Kier molecular flexibility index (Phi) is 4.66. The first kappa shape index (κ1) is 14.2. The number of nitrogens with one attached hydrogen (secondary N) is 1. The summed E-state index contributed by atoms with van der Waals surface area (Å²) in [6.45, 7) is 4.94. The van der Waals surface area contributed by atoms with E-state index in [1.807, 2.05) is 17.7 Å². The Morgan fingerprint density at radius 1 is 1.26 bits per heavy atom. The van der Waals surface area contributed by atoms with E-state index in [0.29, 0.717) is 21.7 Å². The third kappa shape index (κ3) is 3.01. The van der Waals surface area contributed by atoms with E-state index in [1.54, 1.807) is 12.3 Å². The van der Waals surface area contributed by atoms with Crippen molar-refractivity contribution >= 4 is 29.0 Å². The van der Waals surface area contributed by atoms with Crippen molar-refractivity contribution in [2.24, 2.45) is 0 Å². The second-order valence-corrected chi connectivity index (χ2v) is 4.93. The number of aryl methyl sites for hydroxylation is 1. The molecule has 0 aliphatic carbocycles. The number of hydrogen-bond acceptors (Lipinski definition) is 3. The second-order valence-electron chi connectivity index (χ2n) is 4.12. The van der Waals surface area contributed by atoms with Gasteiger partial charge in [0.2, 0.25) is 0 Å². The Bertz CT molecular complexity index is 566. The van der Waals surface area contributed by atoms with Gasteiger partial charge in [0, 0.05) is 25.4 Å². The van der Waals surface area contributed by atoms with E-state index in [4.69, 9.17) is 23.2 Å². The van der Waals surface area contributed by atoms with Crippen molar-refractivity contribution in [3.63, 3.8) is 0 Å². The fourth-order valence-corrected chi connectivity index (χ4v) is 2.30. The van der Waals surface area contributed by atoms with Crippen LogP contribution in [-0.2, 0) is 6.42 Å². The lowest BCUT2D eigenvalue weighted by Crippen LogP contribution is -2.07. The highest BCUT2D eigenvalue weighted by Crippen LogP contribution is 2.28. The number of imidazole rings is 1. The van der Waals surface area contributed by atoms with E-state index in [-0.39, 0.29) is 0 Å². The van der Waals surface area contributed by atoms with Gasteiger partial charge in [0.25, 0.3) is 0 Å². The molecule has 0 fully saturated rings. The average Bonchev–Trinajstić information content (AvgIpc) is 2.86. The van der Waals surface area contributed by atoms with Gasteiger partial charge < -0.3 is 5.32 Å². The lowest BCUT2D eigenvalue weighted by molar-refractivity contribution is 0.865. The minimum atomic E-state index is 0.514. The van der Waals surface area contributed by atoms with Gasteiger partial charge in [-0.15, -0.1) is 0 Å². The van der Waals surface area contributed by atoms with Crippen LogP contribution in [0.2, 0.25) is 10.0 Å². The predicted molar refractivity (Wildman–Crippen MR) is 79.5 cm³/mol. The topological polar surface area (TPSA) is 42.7 Å². The molecule has 4 nitrogen and oxygen atoms in total. The van der Waals surface area contributed by atoms with Crippen LogP contribution in [0, 0.1) is 0 Å². The van der Waals surface area contributed by atoms with Gasteiger partial charge in [-0.2, -0.15) is 0 Å². The van der Waals surface area contributed by atoms with Crippen molar-refractivity contribution in [3.05, 3.63) is 34.3 Å². The molecule has 2 aromatic heterocycles. The molecule has 0 atom stereocenters.